The summed E-state index contributed by atoms with van der Waals surface area (Å²) in [6.45, 7) is 0.564. The van der Waals surface area contributed by atoms with Crippen molar-refractivity contribution in [1.82, 2.24) is 5.06 Å². The van der Waals surface area contributed by atoms with Crippen molar-refractivity contribution in [1.29, 1.82) is 0 Å². The van der Waals surface area contributed by atoms with E-state index in [4.69, 9.17) is 4.84 Å². The van der Waals surface area contributed by atoms with Gasteiger partial charge in [0.2, 0.25) is 0 Å². The van der Waals surface area contributed by atoms with Crippen LogP contribution in [0.5, 0.6) is 0 Å². The Morgan fingerprint density at radius 1 is 1.50 bits per heavy atom. The quantitative estimate of drug-likeness (QED) is 0.654. The normalized spacial score (nSPS) is 19.4. The fourth-order valence-electron chi connectivity index (χ4n) is 0.898. The molecule has 1 saturated heterocycles. The van der Waals surface area contributed by atoms with Crippen LogP contribution in [0.15, 0.2) is 0 Å². The highest BCUT2D eigenvalue weighted by Gasteiger charge is 2.40. The summed E-state index contributed by atoms with van der Waals surface area (Å²) in [6.07, 6.45) is 1.51. The summed E-state index contributed by atoms with van der Waals surface area (Å²) in [5, 5.41) is 0.707. The average Bonchev–Trinajstić information content (AvgIpc) is 2.03. The molecule has 70 valence electrons. The zero-order chi connectivity index (χ0) is 9.19. The number of nitrogens with zero attached hydrogens (tertiary/aromatic N) is 1. The Bertz CT molecular complexity index is 177. The number of hydrogen-bond donors (Lipinski definition) is 0. The van der Waals surface area contributed by atoms with E-state index in [1.165, 1.54) is 0 Å². The van der Waals surface area contributed by atoms with Gasteiger partial charge in [0.15, 0.2) is 0 Å². The highest BCUT2D eigenvalue weighted by molar-refractivity contribution is 9.10. The van der Waals surface area contributed by atoms with Gasteiger partial charge < -0.3 is 0 Å². The minimum Gasteiger partial charge on any atom is -0.271 e. The summed E-state index contributed by atoms with van der Waals surface area (Å²) < 4.78 is 24.7. The Kier molecular flexibility index (Phi) is 3.00. The van der Waals surface area contributed by atoms with E-state index in [-0.39, 0.29) is 6.54 Å². The zero-order valence-electron chi connectivity index (χ0n) is 6.23. The minimum absolute atomic E-state index is 0.236. The maximum Gasteiger partial charge on any atom is 0.380 e. The molecule has 1 aliphatic rings. The van der Waals surface area contributed by atoms with Crippen LogP contribution in [-0.2, 0) is 9.63 Å². The van der Waals surface area contributed by atoms with Crippen molar-refractivity contribution in [3.8, 4) is 0 Å². The Morgan fingerprint density at radius 3 is 2.58 bits per heavy atom. The predicted molar refractivity (Wildman–Crippen MR) is 40.8 cm³/mol. The first-order valence-electron chi connectivity index (χ1n) is 3.53. The number of carbonyl (C=O) groups excluding carboxylic acids is 1. The minimum atomic E-state index is -3.51. The molecule has 0 bridgehead atoms. The molecular weight excluding hydrogens is 236 g/mol. The first kappa shape index (κ1) is 9.85. The molecule has 3 nitrogen and oxygen atoms in total. The van der Waals surface area contributed by atoms with Crippen LogP contribution in [0.25, 0.3) is 0 Å². The molecule has 0 aliphatic carbocycles. The van der Waals surface area contributed by atoms with Crippen molar-refractivity contribution in [3.63, 3.8) is 0 Å². The molecular formula is C6H8BrF2NO2. The summed E-state index contributed by atoms with van der Waals surface area (Å²) >= 11 is 1.97. The van der Waals surface area contributed by atoms with Crippen LogP contribution >= 0.6 is 15.9 Å². The maximum absolute atomic E-state index is 12.3. The number of rotatable bonds is 1. The van der Waals surface area contributed by atoms with E-state index in [2.05, 4.69) is 0 Å². The molecule has 0 radical (unpaired) electrons. The van der Waals surface area contributed by atoms with Crippen LogP contribution < -0.4 is 0 Å². The molecule has 0 spiro atoms. The van der Waals surface area contributed by atoms with Gasteiger partial charge in [0.1, 0.15) is 0 Å². The number of halogens is 3. The lowest BCUT2D eigenvalue weighted by Crippen LogP contribution is -2.42. The van der Waals surface area contributed by atoms with Gasteiger partial charge in [-0.3, -0.25) is 9.63 Å². The highest BCUT2D eigenvalue weighted by Crippen LogP contribution is 2.25. The summed E-state index contributed by atoms with van der Waals surface area (Å²) in [4.78, 5) is 12.1. The molecule has 1 fully saturated rings. The SMILES string of the molecule is O=C(N1CCCCO1)C(F)(F)Br. The largest absolute Gasteiger partial charge is 0.380 e. The molecule has 1 aliphatic heterocycles. The monoisotopic (exact) mass is 243 g/mol. The molecule has 1 amide bonds. The molecule has 0 saturated carbocycles. The van der Waals surface area contributed by atoms with Crippen molar-refractivity contribution in [2.75, 3.05) is 13.2 Å². The standard InChI is InChI=1S/C6H8BrF2NO2/c7-6(8,9)5(11)10-3-1-2-4-12-10/h1-4H2. The van der Waals surface area contributed by atoms with Crippen molar-refractivity contribution in [2.45, 2.75) is 17.7 Å². The van der Waals surface area contributed by atoms with Gasteiger partial charge in [0.25, 0.3) is 0 Å². The van der Waals surface area contributed by atoms with Gasteiger partial charge in [-0.2, -0.15) is 8.78 Å². The number of hydrogen-bond acceptors (Lipinski definition) is 2. The number of carbonyl (C=O) groups is 1. The smallest absolute Gasteiger partial charge is 0.271 e. The van der Waals surface area contributed by atoms with E-state index in [0.29, 0.717) is 18.1 Å². The van der Waals surface area contributed by atoms with Gasteiger partial charge in [-0.05, 0) is 12.8 Å². The molecule has 0 unspecified atom stereocenters. The van der Waals surface area contributed by atoms with E-state index in [0.717, 1.165) is 6.42 Å². The summed E-state index contributed by atoms with van der Waals surface area (Å²) in [5.41, 5.74) is 0. The Balaban J connectivity index is 2.51. The third-order valence-corrected chi connectivity index (χ3v) is 1.81. The van der Waals surface area contributed by atoms with Crippen LogP contribution in [0.4, 0.5) is 8.78 Å². The topological polar surface area (TPSA) is 29.5 Å². The van der Waals surface area contributed by atoms with E-state index in [1.54, 1.807) is 0 Å². The second-order valence-corrected chi connectivity index (χ2v) is 3.44. The molecule has 12 heavy (non-hydrogen) atoms. The Labute approximate surface area is 76.7 Å². The van der Waals surface area contributed by atoms with E-state index in [1.807, 2.05) is 15.9 Å². The molecule has 0 N–H and O–H groups in total. The van der Waals surface area contributed by atoms with Gasteiger partial charge >= 0.3 is 10.7 Å². The molecule has 0 atom stereocenters. The lowest BCUT2D eigenvalue weighted by molar-refractivity contribution is -0.209. The lowest BCUT2D eigenvalue weighted by Gasteiger charge is -2.27. The summed E-state index contributed by atoms with van der Waals surface area (Å²) in [6, 6.07) is 0. The third kappa shape index (κ3) is 2.38. The fraction of sp³-hybridized carbons (Fsp3) is 0.833. The summed E-state index contributed by atoms with van der Waals surface area (Å²) in [5.74, 6) is -1.33. The number of alkyl halides is 3. The van der Waals surface area contributed by atoms with Crippen LogP contribution in [0.2, 0.25) is 0 Å². The second-order valence-electron chi connectivity index (χ2n) is 2.45. The Morgan fingerprint density at radius 2 is 2.17 bits per heavy atom. The fourth-order valence-corrected chi connectivity index (χ4v) is 1.10. The second kappa shape index (κ2) is 3.66. The predicted octanol–water partition coefficient (Wildman–Crippen LogP) is 1.53. The molecule has 0 aromatic carbocycles. The van der Waals surface area contributed by atoms with Crippen LogP contribution in [-0.4, -0.2) is 29.0 Å². The Hall–Kier alpha value is -0.230. The van der Waals surface area contributed by atoms with Gasteiger partial charge in [-0.1, -0.05) is 0 Å². The van der Waals surface area contributed by atoms with Crippen LogP contribution in [0, 0.1) is 0 Å². The van der Waals surface area contributed by atoms with Gasteiger partial charge in [0, 0.05) is 22.5 Å². The van der Waals surface area contributed by atoms with Crippen molar-refractivity contribution in [3.05, 3.63) is 0 Å². The molecule has 1 rings (SSSR count). The summed E-state index contributed by atoms with van der Waals surface area (Å²) in [7, 11) is 0. The van der Waals surface area contributed by atoms with E-state index in [9.17, 15) is 13.6 Å². The molecule has 1 heterocycles. The first-order chi connectivity index (χ1) is 5.52. The van der Waals surface area contributed by atoms with Gasteiger partial charge in [0.05, 0.1) is 6.61 Å². The van der Waals surface area contributed by atoms with Gasteiger partial charge in [-0.25, -0.2) is 5.06 Å². The number of amides is 1. The molecule has 0 aromatic heterocycles. The maximum atomic E-state index is 12.3. The number of hydroxylamine groups is 2. The van der Waals surface area contributed by atoms with Crippen LogP contribution in [0.1, 0.15) is 12.8 Å². The van der Waals surface area contributed by atoms with Crippen molar-refractivity contribution < 1.29 is 18.4 Å². The highest BCUT2D eigenvalue weighted by atomic mass is 79.9. The van der Waals surface area contributed by atoms with Crippen LogP contribution in [0.3, 0.4) is 0 Å². The van der Waals surface area contributed by atoms with Crippen molar-refractivity contribution >= 4 is 21.8 Å². The first-order valence-corrected chi connectivity index (χ1v) is 4.33. The molecule has 6 heteroatoms. The van der Waals surface area contributed by atoms with E-state index >= 15 is 0 Å². The third-order valence-electron chi connectivity index (χ3n) is 1.47. The van der Waals surface area contributed by atoms with Gasteiger partial charge in [-0.15, -0.1) is 0 Å². The zero-order valence-corrected chi connectivity index (χ0v) is 7.81. The molecule has 0 aromatic rings. The average molecular weight is 244 g/mol. The van der Waals surface area contributed by atoms with E-state index < -0.39 is 10.7 Å². The van der Waals surface area contributed by atoms with Crippen molar-refractivity contribution in [2.24, 2.45) is 0 Å². The lowest BCUT2D eigenvalue weighted by atomic mass is 10.3.